The van der Waals surface area contributed by atoms with E-state index in [4.69, 9.17) is 4.74 Å². The van der Waals surface area contributed by atoms with Gasteiger partial charge in [0.15, 0.2) is 5.13 Å². The average Bonchev–Trinajstić information content (AvgIpc) is 2.97. The Bertz CT molecular complexity index is 752. The number of ether oxygens (including phenoxy) is 1. The number of carbonyl (C=O) groups is 2. The minimum Gasteiger partial charge on any atom is -0.494 e. The van der Waals surface area contributed by atoms with Crippen LogP contribution in [0.5, 0.6) is 5.75 Å². The van der Waals surface area contributed by atoms with Crippen molar-refractivity contribution in [3.8, 4) is 5.75 Å². The van der Waals surface area contributed by atoms with Crippen LogP contribution in [0.4, 0.5) is 5.13 Å². The maximum atomic E-state index is 12.7. The van der Waals surface area contributed by atoms with Crippen molar-refractivity contribution in [1.29, 1.82) is 0 Å². The number of hydrogen-bond donors (Lipinski definition) is 1. The number of thiazole rings is 1. The first kappa shape index (κ1) is 20.9. The van der Waals surface area contributed by atoms with Crippen LogP contribution < -0.4 is 10.1 Å². The van der Waals surface area contributed by atoms with Gasteiger partial charge < -0.3 is 15.0 Å². The molecule has 0 radical (unpaired) electrons. The Morgan fingerprint density at radius 2 is 1.89 bits per heavy atom. The predicted octanol–water partition coefficient (Wildman–Crippen LogP) is 4.04. The molecule has 0 spiro atoms. The van der Waals surface area contributed by atoms with E-state index in [1.165, 1.54) is 16.2 Å². The van der Waals surface area contributed by atoms with Gasteiger partial charge in [-0.05, 0) is 51.5 Å². The lowest BCUT2D eigenvalue weighted by atomic mass is 10.2. The van der Waals surface area contributed by atoms with E-state index in [0.717, 1.165) is 29.2 Å². The van der Waals surface area contributed by atoms with E-state index in [1.54, 1.807) is 24.3 Å². The van der Waals surface area contributed by atoms with Crippen LogP contribution in [0.15, 0.2) is 24.3 Å². The molecule has 146 valence electrons. The van der Waals surface area contributed by atoms with Crippen molar-refractivity contribution in [2.45, 2.75) is 40.5 Å². The van der Waals surface area contributed by atoms with Gasteiger partial charge in [0.25, 0.3) is 5.91 Å². The third kappa shape index (κ3) is 6.06. The number of nitrogens with zero attached hydrogens (tertiary/aromatic N) is 2. The number of rotatable bonds is 9. The second kappa shape index (κ2) is 10.1. The Labute approximate surface area is 164 Å². The number of unbranched alkanes of at least 4 members (excludes halogenated alkanes) is 1. The number of anilines is 1. The van der Waals surface area contributed by atoms with Crippen molar-refractivity contribution in [2.75, 3.05) is 25.0 Å². The van der Waals surface area contributed by atoms with Crippen LogP contribution in [0.1, 0.15) is 47.6 Å². The second-order valence-electron chi connectivity index (χ2n) is 6.25. The molecule has 0 saturated heterocycles. The fourth-order valence-corrected chi connectivity index (χ4v) is 3.23. The van der Waals surface area contributed by atoms with E-state index in [9.17, 15) is 9.59 Å². The lowest BCUT2D eigenvalue weighted by Gasteiger charge is -2.20. The summed E-state index contributed by atoms with van der Waals surface area (Å²) in [6.07, 6.45) is 2.07. The minimum absolute atomic E-state index is 0.0121. The van der Waals surface area contributed by atoms with E-state index >= 15 is 0 Å². The van der Waals surface area contributed by atoms with Gasteiger partial charge in [-0.3, -0.25) is 9.59 Å². The third-order valence-electron chi connectivity index (χ3n) is 4.15. The smallest absolute Gasteiger partial charge is 0.254 e. The molecule has 1 heterocycles. The zero-order chi connectivity index (χ0) is 19.8. The number of likely N-dealkylation sites (N-methyl/N-ethyl adjacent to an activating group) is 1. The molecule has 0 atom stereocenters. The molecular weight excluding hydrogens is 362 g/mol. The summed E-state index contributed by atoms with van der Waals surface area (Å²) < 4.78 is 5.62. The largest absolute Gasteiger partial charge is 0.494 e. The quantitative estimate of drug-likeness (QED) is 0.657. The summed E-state index contributed by atoms with van der Waals surface area (Å²) in [7, 11) is 0. The summed E-state index contributed by atoms with van der Waals surface area (Å²) in [6, 6.07) is 7.05. The van der Waals surface area contributed by atoms with Crippen LogP contribution in [0.3, 0.4) is 0 Å². The van der Waals surface area contributed by atoms with Gasteiger partial charge in [-0.25, -0.2) is 4.98 Å². The van der Waals surface area contributed by atoms with Crippen molar-refractivity contribution in [1.82, 2.24) is 9.88 Å². The van der Waals surface area contributed by atoms with E-state index in [1.807, 2.05) is 20.8 Å². The SMILES string of the molecule is CCCCOc1ccc(C(=O)N(CC)CC(=O)Nc2nc(C)c(C)s2)cc1. The molecule has 0 bridgehead atoms. The second-order valence-corrected chi connectivity index (χ2v) is 7.46. The van der Waals surface area contributed by atoms with Crippen LogP contribution >= 0.6 is 11.3 Å². The molecule has 0 saturated carbocycles. The van der Waals surface area contributed by atoms with Crippen molar-refractivity contribution < 1.29 is 14.3 Å². The van der Waals surface area contributed by atoms with Crippen molar-refractivity contribution in [2.24, 2.45) is 0 Å². The van der Waals surface area contributed by atoms with Gasteiger partial charge in [-0.1, -0.05) is 13.3 Å². The topological polar surface area (TPSA) is 71.5 Å². The lowest BCUT2D eigenvalue weighted by Crippen LogP contribution is -2.37. The highest BCUT2D eigenvalue weighted by Gasteiger charge is 2.18. The minimum atomic E-state index is -0.251. The van der Waals surface area contributed by atoms with Crippen LogP contribution in [-0.2, 0) is 4.79 Å². The van der Waals surface area contributed by atoms with E-state index in [-0.39, 0.29) is 18.4 Å². The number of hydrogen-bond acceptors (Lipinski definition) is 5. The Balaban J connectivity index is 1.95. The number of aryl methyl sites for hydroxylation is 2. The number of carbonyl (C=O) groups excluding carboxylic acids is 2. The lowest BCUT2D eigenvalue weighted by molar-refractivity contribution is -0.116. The summed E-state index contributed by atoms with van der Waals surface area (Å²) in [5.41, 5.74) is 1.44. The van der Waals surface area contributed by atoms with E-state index in [0.29, 0.717) is 23.8 Å². The first-order chi connectivity index (χ1) is 12.9. The molecule has 0 fully saturated rings. The van der Waals surface area contributed by atoms with Gasteiger partial charge in [0, 0.05) is 17.0 Å². The van der Waals surface area contributed by atoms with Crippen LogP contribution in [0, 0.1) is 13.8 Å². The van der Waals surface area contributed by atoms with Gasteiger partial charge in [-0.2, -0.15) is 0 Å². The highest BCUT2D eigenvalue weighted by Crippen LogP contribution is 2.21. The zero-order valence-electron chi connectivity index (χ0n) is 16.4. The summed E-state index contributed by atoms with van der Waals surface area (Å²) >= 11 is 1.43. The van der Waals surface area contributed by atoms with Crippen molar-refractivity contribution in [3.63, 3.8) is 0 Å². The normalized spacial score (nSPS) is 10.5. The monoisotopic (exact) mass is 389 g/mol. The first-order valence-corrected chi connectivity index (χ1v) is 10.0. The van der Waals surface area contributed by atoms with Crippen molar-refractivity contribution in [3.05, 3.63) is 40.4 Å². The standard InChI is InChI=1S/C20H27N3O3S/c1-5-7-12-26-17-10-8-16(9-11-17)19(25)23(6-2)13-18(24)22-20-21-14(3)15(4)27-20/h8-11H,5-7,12-13H2,1-4H3,(H,21,22,24). The van der Waals surface area contributed by atoms with Crippen LogP contribution in [0.25, 0.3) is 0 Å². The molecular formula is C20H27N3O3S. The van der Waals surface area contributed by atoms with Gasteiger partial charge in [-0.15, -0.1) is 11.3 Å². The highest BCUT2D eigenvalue weighted by molar-refractivity contribution is 7.15. The van der Waals surface area contributed by atoms with Crippen LogP contribution in [0.2, 0.25) is 0 Å². The summed E-state index contributed by atoms with van der Waals surface area (Å²) in [6.45, 7) is 8.92. The molecule has 2 amide bonds. The Hall–Kier alpha value is -2.41. The Morgan fingerprint density at radius 1 is 1.19 bits per heavy atom. The van der Waals surface area contributed by atoms with Gasteiger partial charge >= 0.3 is 0 Å². The maximum absolute atomic E-state index is 12.7. The Kier molecular flexibility index (Phi) is 7.79. The Morgan fingerprint density at radius 3 is 2.44 bits per heavy atom. The van der Waals surface area contributed by atoms with Crippen molar-refractivity contribution >= 4 is 28.3 Å². The molecule has 2 rings (SSSR count). The number of benzene rings is 1. The highest BCUT2D eigenvalue weighted by atomic mass is 32.1. The molecule has 1 aromatic carbocycles. The fourth-order valence-electron chi connectivity index (χ4n) is 2.40. The third-order valence-corrected chi connectivity index (χ3v) is 5.13. The number of nitrogens with one attached hydrogen (secondary N) is 1. The molecule has 1 aromatic heterocycles. The number of aromatic nitrogens is 1. The average molecular weight is 390 g/mol. The molecule has 1 N–H and O–H groups in total. The molecule has 0 aliphatic rings. The molecule has 7 heteroatoms. The van der Waals surface area contributed by atoms with E-state index < -0.39 is 0 Å². The molecule has 6 nitrogen and oxygen atoms in total. The van der Waals surface area contributed by atoms with E-state index in [2.05, 4.69) is 17.2 Å². The van der Waals surface area contributed by atoms with Gasteiger partial charge in [0.2, 0.25) is 5.91 Å². The summed E-state index contributed by atoms with van der Waals surface area (Å²) in [5, 5.41) is 3.33. The molecule has 27 heavy (non-hydrogen) atoms. The molecule has 0 aliphatic carbocycles. The fraction of sp³-hybridized carbons (Fsp3) is 0.450. The maximum Gasteiger partial charge on any atom is 0.254 e. The summed E-state index contributed by atoms with van der Waals surface area (Å²) in [4.78, 5) is 31.8. The van der Waals surface area contributed by atoms with Gasteiger partial charge in [0.1, 0.15) is 12.3 Å². The molecule has 0 aliphatic heterocycles. The van der Waals surface area contributed by atoms with Crippen LogP contribution in [-0.4, -0.2) is 41.4 Å². The molecule has 2 aromatic rings. The zero-order valence-corrected chi connectivity index (χ0v) is 17.2. The molecule has 0 unspecified atom stereocenters. The summed E-state index contributed by atoms with van der Waals surface area (Å²) in [5.74, 6) is 0.313. The number of amides is 2. The first-order valence-electron chi connectivity index (χ1n) is 9.20. The van der Waals surface area contributed by atoms with Gasteiger partial charge in [0.05, 0.1) is 12.3 Å². The predicted molar refractivity (Wildman–Crippen MR) is 109 cm³/mol.